The second-order valence-corrected chi connectivity index (χ2v) is 9.40. The molecule has 2 aromatic carbocycles. The quantitative estimate of drug-likeness (QED) is 0.610. The standard InChI is InChI=1S/C21H20ClFN4O2S/c1-15-4-2-3-5-17(15)20-8-9-21(25-24-20)26-10-12-27(13-11-26)30(28,29)16-6-7-19(23)18(22)14-16/h2-9,14H,10-13H2,1H3. The van der Waals surface area contributed by atoms with Crippen LogP contribution in [0.25, 0.3) is 11.3 Å². The van der Waals surface area contributed by atoms with Crippen molar-refractivity contribution in [3.05, 3.63) is 71.0 Å². The summed E-state index contributed by atoms with van der Waals surface area (Å²) < 4.78 is 40.4. The van der Waals surface area contributed by atoms with E-state index in [0.29, 0.717) is 32.0 Å². The van der Waals surface area contributed by atoms with Gasteiger partial charge in [0.2, 0.25) is 10.0 Å². The van der Waals surface area contributed by atoms with Crippen molar-refractivity contribution in [2.45, 2.75) is 11.8 Å². The molecule has 9 heteroatoms. The Kier molecular flexibility index (Phi) is 5.73. The summed E-state index contributed by atoms with van der Waals surface area (Å²) in [7, 11) is -3.73. The number of halogens is 2. The largest absolute Gasteiger partial charge is 0.352 e. The number of rotatable bonds is 4. The number of aromatic nitrogens is 2. The fourth-order valence-electron chi connectivity index (χ4n) is 3.44. The number of benzene rings is 2. The van der Waals surface area contributed by atoms with Gasteiger partial charge >= 0.3 is 0 Å². The first-order valence-electron chi connectivity index (χ1n) is 9.46. The highest BCUT2D eigenvalue weighted by Gasteiger charge is 2.29. The molecule has 1 aliphatic rings. The molecule has 1 aliphatic heterocycles. The average Bonchev–Trinajstić information content (AvgIpc) is 2.76. The van der Waals surface area contributed by atoms with Crippen molar-refractivity contribution >= 4 is 27.4 Å². The summed E-state index contributed by atoms with van der Waals surface area (Å²) in [5.74, 6) is 0.0577. The molecule has 0 radical (unpaired) electrons. The molecule has 1 aromatic heterocycles. The number of nitrogens with zero attached hydrogens (tertiary/aromatic N) is 4. The summed E-state index contributed by atoms with van der Waals surface area (Å²) in [6, 6.07) is 15.3. The lowest BCUT2D eigenvalue weighted by molar-refractivity contribution is 0.383. The fraction of sp³-hybridized carbons (Fsp3) is 0.238. The minimum atomic E-state index is -3.73. The third kappa shape index (κ3) is 4.03. The van der Waals surface area contributed by atoms with Crippen molar-refractivity contribution in [1.82, 2.24) is 14.5 Å². The Morgan fingerprint density at radius 3 is 2.33 bits per heavy atom. The monoisotopic (exact) mass is 446 g/mol. The Balaban J connectivity index is 1.45. The summed E-state index contributed by atoms with van der Waals surface area (Å²) in [6.07, 6.45) is 0. The van der Waals surface area contributed by atoms with Crippen LogP contribution < -0.4 is 4.90 Å². The van der Waals surface area contributed by atoms with Gasteiger partial charge in [-0.15, -0.1) is 10.2 Å². The van der Waals surface area contributed by atoms with E-state index in [1.807, 2.05) is 48.2 Å². The number of anilines is 1. The Morgan fingerprint density at radius 1 is 0.967 bits per heavy atom. The normalized spacial score (nSPS) is 15.4. The van der Waals surface area contributed by atoms with E-state index in [0.717, 1.165) is 29.0 Å². The molecular formula is C21H20ClFN4O2S. The summed E-state index contributed by atoms with van der Waals surface area (Å²) in [5.41, 5.74) is 2.95. The predicted octanol–water partition coefficient (Wildman–Crippen LogP) is 3.76. The zero-order valence-electron chi connectivity index (χ0n) is 16.3. The van der Waals surface area contributed by atoms with Gasteiger partial charge in [-0.3, -0.25) is 0 Å². The van der Waals surface area contributed by atoms with E-state index in [4.69, 9.17) is 11.6 Å². The molecule has 0 saturated carbocycles. The van der Waals surface area contributed by atoms with Gasteiger partial charge in [-0.05, 0) is 42.8 Å². The minimum Gasteiger partial charge on any atom is -0.352 e. The minimum absolute atomic E-state index is 0.00951. The predicted molar refractivity (Wildman–Crippen MR) is 115 cm³/mol. The van der Waals surface area contributed by atoms with Crippen LogP contribution in [0.2, 0.25) is 5.02 Å². The first-order chi connectivity index (χ1) is 14.4. The van der Waals surface area contributed by atoms with Crippen LogP contribution in [-0.4, -0.2) is 49.1 Å². The molecule has 1 fully saturated rings. The van der Waals surface area contributed by atoms with Crippen LogP contribution in [0.4, 0.5) is 10.2 Å². The molecule has 156 valence electrons. The van der Waals surface area contributed by atoms with Crippen molar-refractivity contribution in [3.63, 3.8) is 0 Å². The Labute approximate surface area is 180 Å². The first-order valence-corrected chi connectivity index (χ1v) is 11.3. The lowest BCUT2D eigenvalue weighted by atomic mass is 10.1. The SMILES string of the molecule is Cc1ccccc1-c1ccc(N2CCN(S(=O)(=O)c3ccc(F)c(Cl)c3)CC2)nn1. The molecule has 3 aromatic rings. The molecule has 0 unspecified atom stereocenters. The molecule has 2 heterocycles. The molecule has 0 bridgehead atoms. The molecule has 0 atom stereocenters. The van der Waals surface area contributed by atoms with Crippen molar-refractivity contribution in [2.24, 2.45) is 0 Å². The van der Waals surface area contributed by atoms with Crippen LogP contribution >= 0.6 is 11.6 Å². The van der Waals surface area contributed by atoms with Crippen molar-refractivity contribution < 1.29 is 12.8 Å². The van der Waals surface area contributed by atoms with E-state index in [9.17, 15) is 12.8 Å². The summed E-state index contributed by atoms with van der Waals surface area (Å²) in [6.45, 7) is 3.56. The van der Waals surface area contributed by atoms with Gasteiger partial charge in [-0.25, -0.2) is 12.8 Å². The van der Waals surface area contributed by atoms with E-state index < -0.39 is 15.8 Å². The molecule has 1 saturated heterocycles. The van der Waals surface area contributed by atoms with Crippen molar-refractivity contribution in [2.75, 3.05) is 31.1 Å². The molecular weight excluding hydrogens is 427 g/mol. The fourth-order valence-corrected chi connectivity index (χ4v) is 5.14. The third-order valence-electron chi connectivity index (χ3n) is 5.16. The molecule has 4 rings (SSSR count). The average molecular weight is 447 g/mol. The molecule has 0 aliphatic carbocycles. The van der Waals surface area contributed by atoms with E-state index in [1.54, 1.807) is 0 Å². The van der Waals surface area contributed by atoms with Crippen molar-refractivity contribution in [3.8, 4) is 11.3 Å². The van der Waals surface area contributed by atoms with Crippen LogP contribution in [0, 0.1) is 12.7 Å². The summed E-state index contributed by atoms with van der Waals surface area (Å²) in [4.78, 5) is 1.99. The van der Waals surface area contributed by atoms with Crippen molar-refractivity contribution in [1.29, 1.82) is 0 Å². The van der Waals surface area contributed by atoms with Crippen LogP contribution in [0.3, 0.4) is 0 Å². The second-order valence-electron chi connectivity index (χ2n) is 7.06. The van der Waals surface area contributed by atoms with Gasteiger partial charge in [0.15, 0.2) is 5.82 Å². The van der Waals surface area contributed by atoms with Gasteiger partial charge < -0.3 is 4.90 Å². The molecule has 30 heavy (non-hydrogen) atoms. The highest BCUT2D eigenvalue weighted by molar-refractivity contribution is 7.89. The van der Waals surface area contributed by atoms with Gasteiger partial charge in [-0.1, -0.05) is 35.9 Å². The maximum absolute atomic E-state index is 13.4. The topological polar surface area (TPSA) is 66.4 Å². The smallest absolute Gasteiger partial charge is 0.243 e. The van der Waals surface area contributed by atoms with E-state index in [-0.39, 0.29) is 9.92 Å². The van der Waals surface area contributed by atoms with Gasteiger partial charge in [0.05, 0.1) is 15.6 Å². The number of piperazine rings is 1. The van der Waals surface area contributed by atoms with E-state index in [2.05, 4.69) is 10.2 Å². The van der Waals surface area contributed by atoms with Gasteiger partial charge in [0, 0.05) is 31.7 Å². The number of aryl methyl sites for hydroxylation is 1. The zero-order chi connectivity index (χ0) is 21.3. The lowest BCUT2D eigenvalue weighted by Gasteiger charge is -2.34. The first kappa shape index (κ1) is 20.7. The number of sulfonamides is 1. The van der Waals surface area contributed by atoms with Crippen LogP contribution in [0.5, 0.6) is 0 Å². The summed E-state index contributed by atoms with van der Waals surface area (Å²) >= 11 is 5.75. The lowest BCUT2D eigenvalue weighted by Crippen LogP contribution is -2.49. The molecule has 0 spiro atoms. The van der Waals surface area contributed by atoms with Crippen LogP contribution in [-0.2, 0) is 10.0 Å². The highest BCUT2D eigenvalue weighted by atomic mass is 35.5. The maximum Gasteiger partial charge on any atom is 0.243 e. The zero-order valence-corrected chi connectivity index (χ0v) is 17.9. The molecule has 0 N–H and O–H groups in total. The van der Waals surface area contributed by atoms with Gasteiger partial charge in [0.1, 0.15) is 5.82 Å². The molecule has 6 nitrogen and oxygen atoms in total. The Hall–Kier alpha value is -2.55. The third-order valence-corrected chi connectivity index (χ3v) is 7.35. The van der Waals surface area contributed by atoms with E-state index >= 15 is 0 Å². The highest BCUT2D eigenvalue weighted by Crippen LogP contribution is 2.25. The van der Waals surface area contributed by atoms with Gasteiger partial charge in [0.25, 0.3) is 0 Å². The Morgan fingerprint density at radius 2 is 1.70 bits per heavy atom. The van der Waals surface area contributed by atoms with Crippen LogP contribution in [0.15, 0.2) is 59.5 Å². The Bertz CT molecular complexity index is 1160. The number of hydrogen-bond acceptors (Lipinski definition) is 5. The molecule has 0 amide bonds. The maximum atomic E-state index is 13.4. The number of hydrogen-bond donors (Lipinski definition) is 0. The van der Waals surface area contributed by atoms with Gasteiger partial charge in [-0.2, -0.15) is 4.31 Å². The summed E-state index contributed by atoms with van der Waals surface area (Å²) in [5, 5.41) is 8.47. The second kappa shape index (κ2) is 8.29. The van der Waals surface area contributed by atoms with E-state index in [1.165, 1.54) is 10.4 Å². The van der Waals surface area contributed by atoms with Crippen LogP contribution in [0.1, 0.15) is 5.56 Å².